The van der Waals surface area contributed by atoms with Gasteiger partial charge in [-0.1, -0.05) is 13.8 Å². The summed E-state index contributed by atoms with van der Waals surface area (Å²) in [5.74, 6) is 0.752. The van der Waals surface area contributed by atoms with Crippen LogP contribution in [0.4, 0.5) is 14.5 Å². The van der Waals surface area contributed by atoms with Gasteiger partial charge in [0.25, 0.3) is 12.3 Å². The molecule has 29 heavy (non-hydrogen) atoms. The van der Waals surface area contributed by atoms with Crippen molar-refractivity contribution in [3.8, 4) is 0 Å². The van der Waals surface area contributed by atoms with Gasteiger partial charge in [0, 0.05) is 18.6 Å². The molecule has 0 spiro atoms. The molecule has 1 fully saturated rings. The number of aromatic nitrogens is 5. The molecule has 154 valence electrons. The third-order valence-electron chi connectivity index (χ3n) is 5.80. The van der Waals surface area contributed by atoms with E-state index in [9.17, 15) is 13.6 Å². The summed E-state index contributed by atoms with van der Waals surface area (Å²) in [5, 5.41) is 10.8. The quantitative estimate of drug-likeness (QED) is 0.682. The van der Waals surface area contributed by atoms with Crippen LogP contribution in [0.1, 0.15) is 68.0 Å². The van der Waals surface area contributed by atoms with E-state index in [4.69, 9.17) is 0 Å². The molecule has 0 atom stereocenters. The number of halogens is 2. The van der Waals surface area contributed by atoms with Crippen LogP contribution in [0.3, 0.4) is 0 Å². The van der Waals surface area contributed by atoms with Gasteiger partial charge < -0.3 is 5.32 Å². The Morgan fingerprint density at radius 3 is 2.69 bits per heavy atom. The molecule has 1 N–H and O–H groups in total. The Morgan fingerprint density at radius 1 is 1.24 bits per heavy atom. The normalized spacial score (nSPS) is 19.9. The molecule has 0 bridgehead atoms. The molecule has 0 radical (unpaired) electrons. The molecular weight excluding hydrogens is 378 g/mol. The largest absolute Gasteiger partial charge is 0.319 e. The number of hydrogen-bond acceptors (Lipinski definition) is 4. The van der Waals surface area contributed by atoms with Crippen LogP contribution in [0.2, 0.25) is 0 Å². The smallest absolute Gasteiger partial charge is 0.284 e. The van der Waals surface area contributed by atoms with E-state index in [1.54, 1.807) is 23.1 Å². The van der Waals surface area contributed by atoms with Gasteiger partial charge in [-0.25, -0.2) is 18.3 Å². The highest BCUT2D eigenvalue weighted by Gasteiger charge is 2.28. The van der Waals surface area contributed by atoms with Crippen LogP contribution < -0.4 is 5.32 Å². The zero-order valence-corrected chi connectivity index (χ0v) is 16.4. The van der Waals surface area contributed by atoms with Crippen molar-refractivity contribution in [3.63, 3.8) is 0 Å². The van der Waals surface area contributed by atoms with Crippen LogP contribution in [0.15, 0.2) is 30.9 Å². The SMILES string of the molecule is CC(C)C1CCC(n2cc(NC(=O)c3cnn4cccnc34)c(C(F)F)n2)CC1. The predicted molar refractivity (Wildman–Crippen MR) is 104 cm³/mol. The van der Waals surface area contributed by atoms with E-state index in [-0.39, 0.29) is 17.3 Å². The summed E-state index contributed by atoms with van der Waals surface area (Å²) in [6.07, 6.45) is 7.25. The fourth-order valence-electron chi connectivity index (χ4n) is 4.06. The highest BCUT2D eigenvalue weighted by molar-refractivity contribution is 6.08. The standard InChI is InChI=1S/C20H24F2N6O/c1-12(2)13-4-6-14(7-5-13)28-11-16(17(26-28)18(21)22)25-20(29)15-10-24-27-9-3-8-23-19(15)27/h3,8-14,18H,4-7H2,1-2H3,(H,25,29). The highest BCUT2D eigenvalue weighted by atomic mass is 19.3. The van der Waals surface area contributed by atoms with Gasteiger partial charge in [0.05, 0.1) is 17.9 Å². The number of carbonyl (C=O) groups is 1. The monoisotopic (exact) mass is 402 g/mol. The van der Waals surface area contributed by atoms with Crippen LogP contribution >= 0.6 is 0 Å². The second-order valence-electron chi connectivity index (χ2n) is 7.92. The summed E-state index contributed by atoms with van der Waals surface area (Å²) in [4.78, 5) is 16.8. The maximum Gasteiger partial charge on any atom is 0.284 e. The molecule has 1 aliphatic rings. The van der Waals surface area contributed by atoms with Gasteiger partial charge in [-0.3, -0.25) is 9.48 Å². The van der Waals surface area contributed by atoms with Crippen molar-refractivity contribution in [1.29, 1.82) is 0 Å². The molecule has 9 heteroatoms. The lowest BCUT2D eigenvalue weighted by Gasteiger charge is -2.30. The Morgan fingerprint density at radius 2 is 2.00 bits per heavy atom. The maximum absolute atomic E-state index is 13.6. The second kappa shape index (κ2) is 7.88. The third-order valence-corrected chi connectivity index (χ3v) is 5.80. The lowest BCUT2D eigenvalue weighted by molar-refractivity contribution is 0.102. The molecule has 0 aromatic carbocycles. The van der Waals surface area contributed by atoms with E-state index in [1.165, 1.54) is 16.9 Å². The summed E-state index contributed by atoms with van der Waals surface area (Å²) in [5.41, 5.74) is 0.207. The molecule has 0 aliphatic heterocycles. The number of fused-ring (bicyclic) bond motifs is 1. The van der Waals surface area contributed by atoms with E-state index >= 15 is 0 Å². The Labute approximate surface area is 167 Å². The molecule has 1 amide bonds. The first-order valence-electron chi connectivity index (χ1n) is 9.91. The summed E-state index contributed by atoms with van der Waals surface area (Å²) in [6, 6.07) is 1.76. The van der Waals surface area contributed by atoms with Gasteiger partial charge in [0.15, 0.2) is 11.3 Å². The Hall–Kier alpha value is -2.84. The van der Waals surface area contributed by atoms with Gasteiger partial charge in [-0.15, -0.1) is 0 Å². The van der Waals surface area contributed by atoms with Gasteiger partial charge in [0.2, 0.25) is 0 Å². The number of nitrogens with one attached hydrogen (secondary N) is 1. The Bertz CT molecular complexity index is 1000. The lowest BCUT2D eigenvalue weighted by atomic mass is 9.80. The number of anilines is 1. The molecule has 0 saturated heterocycles. The van der Waals surface area contributed by atoms with E-state index in [0.717, 1.165) is 25.7 Å². The molecule has 3 heterocycles. The number of amides is 1. The molecule has 4 rings (SSSR count). The van der Waals surface area contributed by atoms with Crippen molar-refractivity contribution in [2.75, 3.05) is 5.32 Å². The van der Waals surface area contributed by atoms with Crippen molar-refractivity contribution < 1.29 is 13.6 Å². The lowest BCUT2D eigenvalue weighted by Crippen LogP contribution is -2.21. The molecule has 7 nitrogen and oxygen atoms in total. The summed E-state index contributed by atoms with van der Waals surface area (Å²) in [7, 11) is 0. The van der Waals surface area contributed by atoms with Crippen LogP contribution in [-0.2, 0) is 0 Å². The van der Waals surface area contributed by atoms with Crippen LogP contribution in [-0.4, -0.2) is 30.3 Å². The van der Waals surface area contributed by atoms with Gasteiger partial charge >= 0.3 is 0 Å². The number of nitrogens with zero attached hydrogens (tertiary/aromatic N) is 5. The zero-order valence-electron chi connectivity index (χ0n) is 16.4. The second-order valence-corrected chi connectivity index (χ2v) is 7.92. The molecule has 3 aromatic heterocycles. The topological polar surface area (TPSA) is 77.1 Å². The summed E-state index contributed by atoms with van der Waals surface area (Å²) >= 11 is 0. The van der Waals surface area contributed by atoms with Gasteiger partial charge in [0.1, 0.15) is 5.56 Å². The van der Waals surface area contributed by atoms with Crippen LogP contribution in [0.5, 0.6) is 0 Å². The van der Waals surface area contributed by atoms with E-state index < -0.39 is 18.0 Å². The fourth-order valence-corrected chi connectivity index (χ4v) is 4.06. The predicted octanol–water partition coefficient (Wildman–Crippen LogP) is 4.50. The number of rotatable bonds is 5. The Kier molecular flexibility index (Phi) is 5.29. The van der Waals surface area contributed by atoms with Crippen molar-refractivity contribution in [2.45, 2.75) is 52.0 Å². The first-order valence-corrected chi connectivity index (χ1v) is 9.91. The first-order chi connectivity index (χ1) is 13.9. The minimum Gasteiger partial charge on any atom is -0.319 e. The average Bonchev–Trinajstić information content (AvgIpc) is 3.32. The minimum atomic E-state index is -2.78. The van der Waals surface area contributed by atoms with Gasteiger partial charge in [-0.2, -0.15) is 10.2 Å². The van der Waals surface area contributed by atoms with Crippen molar-refractivity contribution in [3.05, 3.63) is 42.1 Å². The van der Waals surface area contributed by atoms with E-state index in [1.807, 2.05) is 0 Å². The van der Waals surface area contributed by atoms with Crippen LogP contribution in [0.25, 0.3) is 5.65 Å². The van der Waals surface area contributed by atoms with E-state index in [2.05, 4.69) is 34.3 Å². The number of carbonyl (C=O) groups excluding carboxylic acids is 1. The molecular formula is C20H24F2N6O. The van der Waals surface area contributed by atoms with E-state index in [0.29, 0.717) is 17.5 Å². The number of hydrogen-bond donors (Lipinski definition) is 1. The molecule has 3 aromatic rings. The van der Waals surface area contributed by atoms with Gasteiger partial charge in [-0.05, 0) is 43.6 Å². The molecule has 1 saturated carbocycles. The zero-order chi connectivity index (χ0) is 20.5. The molecule has 1 aliphatic carbocycles. The number of alkyl halides is 2. The van der Waals surface area contributed by atoms with Crippen molar-refractivity contribution in [1.82, 2.24) is 24.4 Å². The summed E-state index contributed by atoms with van der Waals surface area (Å²) in [6.45, 7) is 4.44. The van der Waals surface area contributed by atoms with Crippen molar-refractivity contribution >= 4 is 17.2 Å². The minimum absolute atomic E-state index is 0.0336. The summed E-state index contributed by atoms with van der Waals surface area (Å²) < 4.78 is 30.2. The first kappa shape index (κ1) is 19.5. The molecule has 0 unspecified atom stereocenters. The average molecular weight is 402 g/mol. The highest BCUT2D eigenvalue weighted by Crippen LogP contribution is 2.37. The Balaban J connectivity index is 1.55. The van der Waals surface area contributed by atoms with Crippen molar-refractivity contribution in [2.24, 2.45) is 11.8 Å². The van der Waals surface area contributed by atoms with Crippen LogP contribution in [0, 0.1) is 11.8 Å². The maximum atomic E-state index is 13.6. The third kappa shape index (κ3) is 3.86. The fraction of sp³-hybridized carbons (Fsp3) is 0.500.